The van der Waals surface area contributed by atoms with E-state index >= 15 is 0 Å². The highest BCUT2D eigenvalue weighted by Crippen LogP contribution is 2.27. The van der Waals surface area contributed by atoms with Gasteiger partial charge in [-0.05, 0) is 24.3 Å². The Bertz CT molecular complexity index is 757. The minimum Gasteiger partial charge on any atom is -0.332 e. The van der Waals surface area contributed by atoms with Gasteiger partial charge in [-0.2, -0.15) is 0 Å². The standard InChI is InChI=1S/C14H10N4O2S.C2H6/c19-18(20)12-3-1-11(2-4-12)16-14-17-13(9-21-14)10-5-7-15-8-6-10;1-2/h1-9H,(H,16,17);1-2H3. The fraction of sp³-hybridized carbons (Fsp3) is 0.125. The number of hydrogen-bond acceptors (Lipinski definition) is 6. The zero-order valence-electron chi connectivity index (χ0n) is 12.8. The topological polar surface area (TPSA) is 81.0 Å². The first kappa shape index (κ1) is 16.6. The lowest BCUT2D eigenvalue weighted by molar-refractivity contribution is -0.384. The molecule has 1 N–H and O–H groups in total. The van der Waals surface area contributed by atoms with Gasteiger partial charge >= 0.3 is 0 Å². The Kier molecular flexibility index (Phi) is 5.76. The Morgan fingerprint density at radius 1 is 1.09 bits per heavy atom. The first-order chi connectivity index (χ1) is 11.2. The summed E-state index contributed by atoms with van der Waals surface area (Å²) in [6.45, 7) is 4.00. The molecule has 2 aromatic heterocycles. The van der Waals surface area contributed by atoms with E-state index in [1.165, 1.54) is 23.5 Å². The van der Waals surface area contributed by atoms with Crippen molar-refractivity contribution in [2.45, 2.75) is 13.8 Å². The minimum atomic E-state index is -0.422. The number of anilines is 2. The predicted octanol–water partition coefficient (Wildman–Crippen LogP) is 4.88. The van der Waals surface area contributed by atoms with Crippen molar-refractivity contribution in [3.8, 4) is 11.3 Å². The van der Waals surface area contributed by atoms with Gasteiger partial charge in [-0.1, -0.05) is 13.8 Å². The second-order valence-electron chi connectivity index (χ2n) is 4.20. The van der Waals surface area contributed by atoms with Gasteiger partial charge in [0.2, 0.25) is 0 Å². The van der Waals surface area contributed by atoms with Crippen molar-refractivity contribution >= 4 is 27.8 Å². The lowest BCUT2D eigenvalue weighted by Gasteiger charge is -2.01. The summed E-state index contributed by atoms with van der Waals surface area (Å²) < 4.78 is 0. The molecule has 0 spiro atoms. The van der Waals surface area contributed by atoms with Crippen LogP contribution in [0.1, 0.15) is 13.8 Å². The van der Waals surface area contributed by atoms with E-state index in [1.807, 2.05) is 31.4 Å². The fourth-order valence-corrected chi connectivity index (χ4v) is 2.52. The Morgan fingerprint density at radius 2 is 1.74 bits per heavy atom. The number of hydrogen-bond donors (Lipinski definition) is 1. The molecule has 0 aliphatic heterocycles. The van der Waals surface area contributed by atoms with Crippen molar-refractivity contribution < 1.29 is 4.92 Å². The number of nitrogens with zero attached hydrogens (tertiary/aromatic N) is 3. The SMILES string of the molecule is CC.O=[N+]([O-])c1ccc(Nc2nc(-c3ccncc3)cs2)cc1. The van der Waals surface area contributed by atoms with Gasteiger partial charge in [0.1, 0.15) is 0 Å². The van der Waals surface area contributed by atoms with Crippen LogP contribution in [-0.4, -0.2) is 14.9 Å². The van der Waals surface area contributed by atoms with Gasteiger partial charge in [0.05, 0.1) is 10.6 Å². The van der Waals surface area contributed by atoms with Crippen LogP contribution in [0.25, 0.3) is 11.3 Å². The maximum Gasteiger partial charge on any atom is 0.269 e. The summed E-state index contributed by atoms with van der Waals surface area (Å²) in [6.07, 6.45) is 3.44. The van der Waals surface area contributed by atoms with Crippen molar-refractivity contribution in [1.82, 2.24) is 9.97 Å². The van der Waals surface area contributed by atoms with Crippen LogP contribution >= 0.6 is 11.3 Å². The molecule has 7 heteroatoms. The highest BCUT2D eigenvalue weighted by Gasteiger charge is 2.07. The van der Waals surface area contributed by atoms with Gasteiger partial charge < -0.3 is 5.32 Å². The maximum absolute atomic E-state index is 10.6. The molecule has 6 nitrogen and oxygen atoms in total. The summed E-state index contributed by atoms with van der Waals surface area (Å²) in [7, 11) is 0. The number of aromatic nitrogens is 2. The van der Waals surface area contributed by atoms with Crippen LogP contribution < -0.4 is 5.32 Å². The molecule has 0 fully saturated rings. The molecule has 0 aliphatic carbocycles. The number of nitrogens with one attached hydrogen (secondary N) is 1. The molecule has 3 rings (SSSR count). The van der Waals surface area contributed by atoms with Gasteiger partial charge in [0, 0.05) is 41.2 Å². The molecule has 1 aromatic carbocycles. The number of pyridine rings is 1. The largest absolute Gasteiger partial charge is 0.332 e. The monoisotopic (exact) mass is 328 g/mol. The molecule has 2 heterocycles. The number of benzene rings is 1. The number of non-ortho nitro benzene ring substituents is 1. The van der Waals surface area contributed by atoms with Crippen LogP contribution in [0.15, 0.2) is 54.2 Å². The zero-order chi connectivity index (χ0) is 16.7. The van der Waals surface area contributed by atoms with E-state index in [0.717, 1.165) is 22.1 Å². The van der Waals surface area contributed by atoms with Gasteiger partial charge in [-0.3, -0.25) is 15.1 Å². The number of rotatable bonds is 4. The summed E-state index contributed by atoms with van der Waals surface area (Å²) in [6, 6.07) is 10.0. The molecule has 3 aromatic rings. The Labute approximate surface area is 138 Å². The summed E-state index contributed by atoms with van der Waals surface area (Å²) in [4.78, 5) is 18.6. The predicted molar refractivity (Wildman–Crippen MR) is 93.1 cm³/mol. The fourth-order valence-electron chi connectivity index (χ4n) is 1.78. The molecule has 0 saturated carbocycles. The third kappa shape index (κ3) is 4.33. The van der Waals surface area contributed by atoms with Gasteiger partial charge in [-0.15, -0.1) is 11.3 Å². The molecular formula is C16H16N4O2S. The van der Waals surface area contributed by atoms with E-state index in [0.29, 0.717) is 0 Å². The minimum absolute atomic E-state index is 0.0668. The van der Waals surface area contributed by atoms with Crippen molar-refractivity contribution in [3.05, 3.63) is 64.3 Å². The van der Waals surface area contributed by atoms with Crippen molar-refractivity contribution in [3.63, 3.8) is 0 Å². The van der Waals surface area contributed by atoms with Crippen LogP contribution in [0.3, 0.4) is 0 Å². The third-order valence-corrected chi connectivity index (χ3v) is 3.57. The molecule has 23 heavy (non-hydrogen) atoms. The molecule has 0 unspecified atom stereocenters. The van der Waals surface area contributed by atoms with Crippen LogP contribution in [0, 0.1) is 10.1 Å². The molecule has 0 radical (unpaired) electrons. The van der Waals surface area contributed by atoms with Crippen LogP contribution in [0.4, 0.5) is 16.5 Å². The van der Waals surface area contributed by atoms with Gasteiger partial charge in [-0.25, -0.2) is 4.98 Å². The molecule has 0 aliphatic rings. The number of nitro groups is 1. The summed E-state index contributed by atoms with van der Waals surface area (Å²) in [5, 5.41) is 16.4. The van der Waals surface area contributed by atoms with Crippen LogP contribution in [0.2, 0.25) is 0 Å². The Balaban J connectivity index is 0.000000924. The lowest BCUT2D eigenvalue weighted by atomic mass is 10.2. The molecule has 0 saturated heterocycles. The van der Waals surface area contributed by atoms with E-state index in [4.69, 9.17) is 0 Å². The maximum atomic E-state index is 10.6. The van der Waals surface area contributed by atoms with Crippen molar-refractivity contribution in [2.24, 2.45) is 0 Å². The van der Waals surface area contributed by atoms with Gasteiger partial charge in [0.25, 0.3) is 5.69 Å². The average Bonchev–Trinajstić information content (AvgIpc) is 3.06. The smallest absolute Gasteiger partial charge is 0.269 e. The van der Waals surface area contributed by atoms with E-state index in [2.05, 4.69) is 15.3 Å². The quantitative estimate of drug-likeness (QED) is 0.545. The molecule has 118 valence electrons. The van der Waals surface area contributed by atoms with Crippen LogP contribution in [-0.2, 0) is 0 Å². The second-order valence-corrected chi connectivity index (χ2v) is 5.06. The Hall–Kier alpha value is -2.80. The average molecular weight is 328 g/mol. The number of nitro benzene ring substituents is 1. The highest BCUT2D eigenvalue weighted by molar-refractivity contribution is 7.14. The second kappa shape index (κ2) is 8.00. The van der Waals surface area contributed by atoms with E-state index in [-0.39, 0.29) is 5.69 Å². The number of thiazole rings is 1. The molecular weight excluding hydrogens is 312 g/mol. The lowest BCUT2D eigenvalue weighted by Crippen LogP contribution is -1.91. The van der Waals surface area contributed by atoms with Gasteiger partial charge in [0.15, 0.2) is 5.13 Å². The molecule has 0 amide bonds. The van der Waals surface area contributed by atoms with Crippen molar-refractivity contribution in [1.29, 1.82) is 0 Å². The molecule has 0 atom stereocenters. The first-order valence-electron chi connectivity index (χ1n) is 7.10. The first-order valence-corrected chi connectivity index (χ1v) is 7.98. The highest BCUT2D eigenvalue weighted by atomic mass is 32.1. The van der Waals surface area contributed by atoms with Crippen LogP contribution in [0.5, 0.6) is 0 Å². The summed E-state index contributed by atoms with van der Waals surface area (Å²) in [5.74, 6) is 0. The van der Waals surface area contributed by atoms with E-state index < -0.39 is 4.92 Å². The van der Waals surface area contributed by atoms with E-state index in [9.17, 15) is 10.1 Å². The third-order valence-electron chi connectivity index (χ3n) is 2.81. The Morgan fingerprint density at radius 3 is 2.35 bits per heavy atom. The van der Waals surface area contributed by atoms with E-state index in [1.54, 1.807) is 24.5 Å². The summed E-state index contributed by atoms with van der Waals surface area (Å²) in [5.41, 5.74) is 2.69. The summed E-state index contributed by atoms with van der Waals surface area (Å²) >= 11 is 1.47. The normalized spacial score (nSPS) is 9.65. The zero-order valence-corrected chi connectivity index (χ0v) is 13.6. The van der Waals surface area contributed by atoms with Crippen molar-refractivity contribution in [2.75, 3.05) is 5.32 Å². The molecule has 0 bridgehead atoms.